The molecule has 16 heavy (non-hydrogen) atoms. The standard InChI is InChI=1S/C11H18ClF3O/c1-4-10(5-2)8(12)6-9(10)16-7(3)11(13,14)15/h7-9H,4-6H2,1-3H3. The van der Waals surface area contributed by atoms with Gasteiger partial charge >= 0.3 is 6.18 Å². The molecule has 0 N–H and O–H groups in total. The van der Waals surface area contributed by atoms with Crippen LogP contribution < -0.4 is 0 Å². The minimum absolute atomic E-state index is 0.0621. The average molecular weight is 259 g/mol. The third-order valence-corrected chi connectivity index (χ3v) is 4.44. The van der Waals surface area contributed by atoms with Gasteiger partial charge in [-0.1, -0.05) is 13.8 Å². The van der Waals surface area contributed by atoms with Gasteiger partial charge in [0.2, 0.25) is 0 Å². The molecule has 0 saturated heterocycles. The Morgan fingerprint density at radius 2 is 1.88 bits per heavy atom. The lowest BCUT2D eigenvalue weighted by molar-refractivity contribution is -0.254. The molecule has 0 bridgehead atoms. The van der Waals surface area contributed by atoms with Crippen LogP contribution in [0.1, 0.15) is 40.0 Å². The summed E-state index contributed by atoms with van der Waals surface area (Å²) >= 11 is 6.10. The van der Waals surface area contributed by atoms with Crippen molar-refractivity contribution in [3.05, 3.63) is 0 Å². The van der Waals surface area contributed by atoms with Crippen molar-refractivity contribution in [1.29, 1.82) is 0 Å². The van der Waals surface area contributed by atoms with Gasteiger partial charge in [-0.25, -0.2) is 0 Å². The lowest BCUT2D eigenvalue weighted by atomic mass is 9.62. The first-order chi connectivity index (χ1) is 7.28. The largest absolute Gasteiger partial charge is 0.414 e. The third-order valence-electron chi connectivity index (χ3n) is 3.83. The van der Waals surface area contributed by atoms with Gasteiger partial charge in [0.15, 0.2) is 6.10 Å². The number of rotatable bonds is 4. The molecule has 3 atom stereocenters. The van der Waals surface area contributed by atoms with Crippen LogP contribution in [-0.2, 0) is 4.74 Å². The molecule has 1 rings (SSSR count). The fourth-order valence-electron chi connectivity index (χ4n) is 2.36. The van der Waals surface area contributed by atoms with Gasteiger partial charge in [-0.05, 0) is 26.2 Å². The molecule has 1 saturated carbocycles. The summed E-state index contributed by atoms with van der Waals surface area (Å²) in [6.45, 7) is 4.96. The lowest BCUT2D eigenvalue weighted by Crippen LogP contribution is -2.57. The highest BCUT2D eigenvalue weighted by Gasteiger charge is 2.54. The number of hydrogen-bond acceptors (Lipinski definition) is 1. The number of ether oxygens (including phenoxy) is 1. The van der Waals surface area contributed by atoms with Crippen molar-refractivity contribution < 1.29 is 17.9 Å². The van der Waals surface area contributed by atoms with Gasteiger partial charge in [0.25, 0.3) is 0 Å². The van der Waals surface area contributed by atoms with Gasteiger partial charge in [-0.15, -0.1) is 11.6 Å². The molecular formula is C11H18ClF3O. The van der Waals surface area contributed by atoms with Crippen LogP contribution >= 0.6 is 11.6 Å². The van der Waals surface area contributed by atoms with Crippen LogP contribution in [0.15, 0.2) is 0 Å². The molecule has 1 nitrogen and oxygen atoms in total. The van der Waals surface area contributed by atoms with Crippen molar-refractivity contribution in [3.8, 4) is 0 Å². The number of hydrogen-bond donors (Lipinski definition) is 0. The highest BCUT2D eigenvalue weighted by Crippen LogP contribution is 2.52. The van der Waals surface area contributed by atoms with Crippen molar-refractivity contribution in [3.63, 3.8) is 0 Å². The normalized spacial score (nSPS) is 30.9. The summed E-state index contributed by atoms with van der Waals surface area (Å²) in [5.41, 5.74) is -0.277. The summed E-state index contributed by atoms with van der Waals surface area (Å²) in [7, 11) is 0. The first-order valence-electron chi connectivity index (χ1n) is 5.64. The van der Waals surface area contributed by atoms with Crippen molar-refractivity contribution in [1.82, 2.24) is 0 Å². The van der Waals surface area contributed by atoms with Crippen LogP contribution in [-0.4, -0.2) is 23.8 Å². The Balaban J connectivity index is 2.63. The van der Waals surface area contributed by atoms with Crippen LogP contribution in [0.25, 0.3) is 0 Å². The summed E-state index contributed by atoms with van der Waals surface area (Å²) in [5, 5.41) is -0.0621. The Bertz CT molecular complexity index is 238. The van der Waals surface area contributed by atoms with E-state index in [1.165, 1.54) is 0 Å². The van der Waals surface area contributed by atoms with Crippen LogP contribution in [0.3, 0.4) is 0 Å². The quantitative estimate of drug-likeness (QED) is 0.689. The second-order valence-electron chi connectivity index (χ2n) is 4.45. The van der Waals surface area contributed by atoms with E-state index in [9.17, 15) is 13.2 Å². The maximum atomic E-state index is 12.4. The molecule has 1 fully saturated rings. The molecule has 0 radical (unpaired) electrons. The molecule has 5 heteroatoms. The second-order valence-corrected chi connectivity index (χ2v) is 4.98. The van der Waals surface area contributed by atoms with E-state index in [1.807, 2.05) is 13.8 Å². The van der Waals surface area contributed by atoms with Gasteiger partial charge in [-0.2, -0.15) is 13.2 Å². The Hall–Kier alpha value is 0.0400. The molecule has 0 aromatic carbocycles. The Morgan fingerprint density at radius 1 is 1.38 bits per heavy atom. The van der Waals surface area contributed by atoms with Crippen LogP contribution in [0.2, 0.25) is 0 Å². The maximum absolute atomic E-state index is 12.4. The predicted molar refractivity (Wildman–Crippen MR) is 57.7 cm³/mol. The fourth-order valence-corrected chi connectivity index (χ4v) is 2.97. The SMILES string of the molecule is CCC1(CC)C(Cl)CC1OC(C)C(F)(F)F. The first-order valence-corrected chi connectivity index (χ1v) is 6.07. The van der Waals surface area contributed by atoms with Crippen molar-refractivity contribution in [2.45, 2.75) is 63.8 Å². The minimum atomic E-state index is -4.29. The van der Waals surface area contributed by atoms with Crippen molar-refractivity contribution >= 4 is 11.6 Å². The summed E-state index contributed by atoms with van der Waals surface area (Å²) in [5.74, 6) is 0. The van der Waals surface area contributed by atoms with Crippen LogP contribution in [0.4, 0.5) is 13.2 Å². The van der Waals surface area contributed by atoms with E-state index < -0.39 is 12.3 Å². The zero-order valence-electron chi connectivity index (χ0n) is 9.77. The smallest absolute Gasteiger partial charge is 0.365 e. The van der Waals surface area contributed by atoms with E-state index in [1.54, 1.807) is 0 Å². The highest BCUT2D eigenvalue weighted by atomic mass is 35.5. The Kier molecular flexibility index (Phi) is 4.17. The maximum Gasteiger partial charge on any atom is 0.414 e. The van der Waals surface area contributed by atoms with Crippen molar-refractivity contribution in [2.75, 3.05) is 0 Å². The molecule has 1 aliphatic carbocycles. The molecule has 0 aromatic heterocycles. The molecule has 0 amide bonds. The van der Waals surface area contributed by atoms with Gasteiger partial charge in [0.05, 0.1) is 6.10 Å². The summed E-state index contributed by atoms with van der Waals surface area (Å²) in [6, 6.07) is 0. The van der Waals surface area contributed by atoms with E-state index in [-0.39, 0.29) is 16.9 Å². The Morgan fingerprint density at radius 3 is 2.19 bits per heavy atom. The van der Waals surface area contributed by atoms with Gasteiger partial charge in [0, 0.05) is 10.8 Å². The van der Waals surface area contributed by atoms with Gasteiger partial charge < -0.3 is 4.74 Å². The molecule has 1 aliphatic rings. The number of halogens is 4. The summed E-state index contributed by atoms with van der Waals surface area (Å²) in [6.07, 6.45) is -4.32. The van der Waals surface area contributed by atoms with E-state index in [0.717, 1.165) is 19.8 Å². The highest BCUT2D eigenvalue weighted by molar-refractivity contribution is 6.21. The predicted octanol–water partition coefficient (Wildman–Crippen LogP) is 4.14. The second kappa shape index (κ2) is 4.73. The van der Waals surface area contributed by atoms with Crippen LogP contribution in [0.5, 0.6) is 0 Å². The van der Waals surface area contributed by atoms with E-state index >= 15 is 0 Å². The summed E-state index contributed by atoms with van der Waals surface area (Å²) in [4.78, 5) is 0. The van der Waals surface area contributed by atoms with E-state index in [4.69, 9.17) is 16.3 Å². The minimum Gasteiger partial charge on any atom is -0.365 e. The molecule has 3 unspecified atom stereocenters. The topological polar surface area (TPSA) is 9.23 Å². The molecule has 0 aromatic rings. The van der Waals surface area contributed by atoms with Gasteiger partial charge in [0.1, 0.15) is 0 Å². The number of alkyl halides is 4. The third kappa shape index (κ3) is 2.33. The van der Waals surface area contributed by atoms with Crippen molar-refractivity contribution in [2.24, 2.45) is 5.41 Å². The molecule has 96 valence electrons. The zero-order chi connectivity index (χ0) is 12.6. The first kappa shape index (κ1) is 14.1. The van der Waals surface area contributed by atoms with Crippen LogP contribution in [0, 0.1) is 5.41 Å². The Labute approximate surface area is 99.3 Å². The van der Waals surface area contributed by atoms with E-state index in [0.29, 0.717) is 6.42 Å². The zero-order valence-corrected chi connectivity index (χ0v) is 10.5. The molecular weight excluding hydrogens is 241 g/mol. The summed E-state index contributed by atoms with van der Waals surface area (Å²) < 4.78 is 42.2. The lowest BCUT2D eigenvalue weighted by Gasteiger charge is -2.53. The average Bonchev–Trinajstić information content (AvgIpc) is 2.17. The molecule has 0 aliphatic heterocycles. The molecule has 0 spiro atoms. The van der Waals surface area contributed by atoms with Gasteiger partial charge in [-0.3, -0.25) is 0 Å². The van der Waals surface area contributed by atoms with E-state index in [2.05, 4.69) is 0 Å². The fraction of sp³-hybridized carbons (Fsp3) is 1.00. The molecule has 0 heterocycles. The monoisotopic (exact) mass is 258 g/mol.